The Kier molecular flexibility index (Phi) is 6.54. The number of carbonyl (C=O) groups is 4. The van der Waals surface area contributed by atoms with Gasteiger partial charge in [-0.05, 0) is 31.0 Å². The second kappa shape index (κ2) is 8.84. The van der Waals surface area contributed by atoms with Gasteiger partial charge >= 0.3 is 12.0 Å². The number of imide groups is 1. The molecule has 0 radical (unpaired) electrons. The van der Waals surface area contributed by atoms with Crippen molar-refractivity contribution in [1.82, 2.24) is 16.0 Å². The summed E-state index contributed by atoms with van der Waals surface area (Å²) in [5.74, 6) is -0.810. The van der Waals surface area contributed by atoms with Gasteiger partial charge in [-0.25, -0.2) is 4.79 Å². The summed E-state index contributed by atoms with van der Waals surface area (Å²) in [5, 5.41) is 7.14. The lowest BCUT2D eigenvalue weighted by Gasteiger charge is -2.14. The summed E-state index contributed by atoms with van der Waals surface area (Å²) in [7, 11) is 1.57. The molecule has 1 aliphatic heterocycles. The predicted octanol–water partition coefficient (Wildman–Crippen LogP) is 0.231. The first-order valence-electron chi connectivity index (χ1n) is 8.10. The first kappa shape index (κ1) is 19.2. The molecule has 1 aliphatic rings. The van der Waals surface area contributed by atoms with Crippen LogP contribution in [0.5, 0.6) is 5.75 Å². The molecule has 9 nitrogen and oxygen atoms in total. The third-order valence-electron chi connectivity index (χ3n) is 3.80. The number of benzene rings is 1. The van der Waals surface area contributed by atoms with Gasteiger partial charge in [0.1, 0.15) is 11.8 Å². The first-order chi connectivity index (χ1) is 12.4. The van der Waals surface area contributed by atoms with Crippen LogP contribution in [0, 0.1) is 0 Å². The average Bonchev–Trinajstić information content (AvgIpc) is 2.95. The van der Waals surface area contributed by atoms with E-state index < -0.39 is 36.0 Å². The van der Waals surface area contributed by atoms with Crippen molar-refractivity contribution in [3.8, 4) is 5.75 Å². The molecule has 0 aliphatic carbocycles. The van der Waals surface area contributed by atoms with E-state index in [2.05, 4.69) is 16.0 Å². The van der Waals surface area contributed by atoms with Gasteiger partial charge in [0.05, 0.1) is 7.11 Å². The molecule has 4 amide bonds. The summed E-state index contributed by atoms with van der Waals surface area (Å²) < 4.78 is 10.1. The summed E-state index contributed by atoms with van der Waals surface area (Å²) >= 11 is 0. The zero-order valence-electron chi connectivity index (χ0n) is 14.5. The molecule has 1 aromatic rings. The fourth-order valence-corrected chi connectivity index (χ4v) is 2.31. The third kappa shape index (κ3) is 5.47. The van der Waals surface area contributed by atoms with Crippen molar-refractivity contribution in [2.24, 2.45) is 0 Å². The minimum Gasteiger partial charge on any atom is -0.497 e. The van der Waals surface area contributed by atoms with Gasteiger partial charge in [0.2, 0.25) is 0 Å². The van der Waals surface area contributed by atoms with Gasteiger partial charge in [-0.15, -0.1) is 0 Å². The molecule has 1 fully saturated rings. The SMILES string of the molecule is COc1ccc(CNC(=O)[C@H](C)OC(=O)CC[C@H]2NC(=O)NC2=O)cc1. The van der Waals surface area contributed by atoms with Crippen LogP contribution in [0.4, 0.5) is 4.79 Å². The van der Waals surface area contributed by atoms with Crippen molar-refractivity contribution in [2.45, 2.75) is 38.5 Å². The molecule has 0 spiro atoms. The zero-order chi connectivity index (χ0) is 19.1. The van der Waals surface area contributed by atoms with Crippen molar-refractivity contribution in [1.29, 1.82) is 0 Å². The molecule has 2 atom stereocenters. The third-order valence-corrected chi connectivity index (χ3v) is 3.80. The Balaban J connectivity index is 1.70. The number of methoxy groups -OCH3 is 1. The maximum absolute atomic E-state index is 12.0. The van der Waals surface area contributed by atoms with Gasteiger partial charge in [-0.3, -0.25) is 19.7 Å². The number of esters is 1. The van der Waals surface area contributed by atoms with Gasteiger partial charge in [-0.1, -0.05) is 12.1 Å². The van der Waals surface area contributed by atoms with E-state index in [1.165, 1.54) is 6.92 Å². The van der Waals surface area contributed by atoms with Gasteiger partial charge in [0.25, 0.3) is 11.8 Å². The second-order valence-electron chi connectivity index (χ2n) is 5.75. The second-order valence-corrected chi connectivity index (χ2v) is 5.75. The Hall–Kier alpha value is -3.10. The minimum absolute atomic E-state index is 0.0888. The molecular formula is C17H21N3O6. The van der Waals surface area contributed by atoms with Crippen molar-refractivity contribution in [3.05, 3.63) is 29.8 Å². The topological polar surface area (TPSA) is 123 Å². The molecule has 0 aromatic heterocycles. The largest absolute Gasteiger partial charge is 0.497 e. The van der Waals surface area contributed by atoms with Crippen molar-refractivity contribution in [2.75, 3.05) is 7.11 Å². The van der Waals surface area contributed by atoms with E-state index in [-0.39, 0.29) is 12.8 Å². The number of hydrogen-bond donors (Lipinski definition) is 3. The highest BCUT2D eigenvalue weighted by molar-refractivity contribution is 6.04. The molecule has 3 N–H and O–H groups in total. The van der Waals surface area contributed by atoms with Gasteiger partial charge in [0, 0.05) is 13.0 Å². The molecular weight excluding hydrogens is 342 g/mol. The normalized spacial score (nSPS) is 17.1. The molecule has 0 saturated carbocycles. The van der Waals surface area contributed by atoms with Crippen LogP contribution in [0.1, 0.15) is 25.3 Å². The standard InChI is InChI=1S/C17H21N3O6/c1-10(15(22)18-9-11-3-5-12(25-2)6-4-11)26-14(21)8-7-13-16(23)20-17(24)19-13/h3-6,10,13H,7-9H2,1-2H3,(H,18,22)(H2,19,20,23,24)/t10-,13+/m0/s1. The number of hydrogen-bond acceptors (Lipinski definition) is 6. The molecule has 140 valence electrons. The highest BCUT2D eigenvalue weighted by atomic mass is 16.5. The summed E-state index contributed by atoms with van der Waals surface area (Å²) in [4.78, 5) is 46.1. The molecule has 2 rings (SSSR count). The Bertz CT molecular complexity index is 688. The highest BCUT2D eigenvalue weighted by Gasteiger charge is 2.30. The van der Waals surface area contributed by atoms with Crippen molar-refractivity contribution in [3.63, 3.8) is 0 Å². The first-order valence-corrected chi connectivity index (χ1v) is 8.10. The Morgan fingerprint density at radius 1 is 1.23 bits per heavy atom. The quantitative estimate of drug-likeness (QED) is 0.449. The number of rotatable bonds is 8. The predicted molar refractivity (Wildman–Crippen MR) is 90.1 cm³/mol. The number of urea groups is 1. The fourth-order valence-electron chi connectivity index (χ4n) is 2.31. The average molecular weight is 363 g/mol. The Morgan fingerprint density at radius 3 is 2.50 bits per heavy atom. The molecule has 9 heteroatoms. The molecule has 1 heterocycles. The van der Waals surface area contributed by atoms with Crippen LogP contribution in [0.2, 0.25) is 0 Å². The van der Waals surface area contributed by atoms with E-state index >= 15 is 0 Å². The zero-order valence-corrected chi connectivity index (χ0v) is 14.5. The lowest BCUT2D eigenvalue weighted by molar-refractivity contribution is -0.155. The van der Waals surface area contributed by atoms with E-state index in [0.29, 0.717) is 6.54 Å². The van der Waals surface area contributed by atoms with Gasteiger partial charge in [-0.2, -0.15) is 0 Å². The fraction of sp³-hybridized carbons (Fsp3) is 0.412. The maximum Gasteiger partial charge on any atom is 0.322 e. The van der Waals surface area contributed by atoms with E-state index in [4.69, 9.17) is 9.47 Å². The molecule has 1 aromatic carbocycles. The van der Waals surface area contributed by atoms with Crippen LogP contribution in [0.15, 0.2) is 24.3 Å². The van der Waals surface area contributed by atoms with Crippen LogP contribution in [-0.4, -0.2) is 43.1 Å². The Morgan fingerprint density at radius 2 is 1.92 bits per heavy atom. The number of amides is 4. The van der Waals surface area contributed by atoms with E-state index in [1.807, 2.05) is 12.1 Å². The van der Waals surface area contributed by atoms with Crippen LogP contribution >= 0.6 is 0 Å². The summed E-state index contributed by atoms with van der Waals surface area (Å²) in [5.41, 5.74) is 0.876. The van der Waals surface area contributed by atoms with Crippen LogP contribution in [-0.2, 0) is 25.7 Å². The van der Waals surface area contributed by atoms with Crippen molar-refractivity contribution >= 4 is 23.8 Å². The van der Waals surface area contributed by atoms with E-state index in [9.17, 15) is 19.2 Å². The monoisotopic (exact) mass is 363 g/mol. The lowest BCUT2D eigenvalue weighted by atomic mass is 10.1. The maximum atomic E-state index is 12.0. The minimum atomic E-state index is -0.965. The van der Waals surface area contributed by atoms with Crippen molar-refractivity contribution < 1.29 is 28.7 Å². The number of nitrogens with one attached hydrogen (secondary N) is 3. The lowest BCUT2D eigenvalue weighted by Crippen LogP contribution is -2.36. The highest BCUT2D eigenvalue weighted by Crippen LogP contribution is 2.11. The molecule has 1 saturated heterocycles. The number of ether oxygens (including phenoxy) is 2. The molecule has 26 heavy (non-hydrogen) atoms. The number of carbonyl (C=O) groups excluding carboxylic acids is 4. The van der Waals surface area contributed by atoms with Gasteiger partial charge < -0.3 is 20.1 Å². The van der Waals surface area contributed by atoms with E-state index in [1.54, 1.807) is 19.2 Å². The summed E-state index contributed by atoms with van der Waals surface area (Å²) in [6.45, 7) is 1.75. The smallest absolute Gasteiger partial charge is 0.322 e. The van der Waals surface area contributed by atoms with Gasteiger partial charge in [0.15, 0.2) is 6.10 Å². The van der Waals surface area contributed by atoms with Crippen LogP contribution < -0.4 is 20.7 Å². The molecule has 0 unspecified atom stereocenters. The van der Waals surface area contributed by atoms with E-state index in [0.717, 1.165) is 11.3 Å². The molecule has 0 bridgehead atoms. The van der Waals surface area contributed by atoms with Crippen LogP contribution in [0.3, 0.4) is 0 Å². The van der Waals surface area contributed by atoms with Crippen LogP contribution in [0.25, 0.3) is 0 Å². The summed E-state index contributed by atoms with van der Waals surface area (Å²) in [6.07, 6.45) is -0.946. The Labute approximate surface area is 150 Å². The summed E-state index contributed by atoms with van der Waals surface area (Å²) in [6, 6.07) is 5.85.